The van der Waals surface area contributed by atoms with E-state index in [-0.39, 0.29) is 48.6 Å². The molecule has 5 atom stereocenters. The number of benzene rings is 2. The molecule has 1 aromatic heterocycles. The summed E-state index contributed by atoms with van der Waals surface area (Å²) in [5.74, 6) is -0.505. The molecule has 39 heavy (non-hydrogen) atoms. The Labute approximate surface area is 260 Å². The van der Waals surface area contributed by atoms with Crippen LogP contribution in [0.2, 0.25) is 0 Å². The van der Waals surface area contributed by atoms with Gasteiger partial charge in [-0.15, -0.1) is 0 Å². The number of aryl methyl sites for hydroxylation is 1. The van der Waals surface area contributed by atoms with Crippen molar-refractivity contribution >= 4 is 48.7 Å². The smallest absolute Gasteiger partial charge is 0.547 e. The molecule has 3 aromatic rings. The summed E-state index contributed by atoms with van der Waals surface area (Å²) in [6.45, 7) is 1.71. The van der Waals surface area contributed by atoms with Crippen molar-refractivity contribution in [1.29, 1.82) is 0 Å². The molecule has 0 spiro atoms. The van der Waals surface area contributed by atoms with Gasteiger partial charge in [0, 0.05) is 11.1 Å². The van der Waals surface area contributed by atoms with Crippen molar-refractivity contribution in [2.75, 3.05) is 6.73 Å². The summed E-state index contributed by atoms with van der Waals surface area (Å²) in [4.78, 5) is 17.0. The topological polar surface area (TPSA) is 202 Å². The van der Waals surface area contributed by atoms with Gasteiger partial charge in [0.05, 0.1) is 25.8 Å². The SMILES string of the molecule is Cc1cc(COc2c[nH]c3cc(Br)c(OCN=[N+]=[N-])c(Br)c23)ccc1O[C@@H]1O[C@H](C(=O)[O-])[C@@H](O)[C@H](O)[C@H]1O.[Na+]. The largest absolute Gasteiger partial charge is 1.00 e. The molecule has 0 aliphatic carbocycles. The second-order valence-electron chi connectivity index (χ2n) is 8.30. The molecular formula is C23H21Br2N4NaO9. The first-order chi connectivity index (χ1) is 18.1. The minimum atomic E-state index is -1.87. The van der Waals surface area contributed by atoms with Gasteiger partial charge in [0.25, 0.3) is 0 Å². The number of halogens is 2. The molecule has 2 aromatic carbocycles. The van der Waals surface area contributed by atoms with Crippen LogP contribution in [0.5, 0.6) is 17.2 Å². The van der Waals surface area contributed by atoms with Gasteiger partial charge in [-0.25, -0.2) is 0 Å². The van der Waals surface area contributed by atoms with Gasteiger partial charge in [-0.1, -0.05) is 11.2 Å². The van der Waals surface area contributed by atoms with E-state index in [1.807, 2.05) is 0 Å². The van der Waals surface area contributed by atoms with Crippen LogP contribution in [-0.4, -0.2) is 63.7 Å². The number of nitrogens with zero attached hydrogens (tertiary/aromatic N) is 3. The molecule has 13 nitrogen and oxygen atoms in total. The molecule has 1 aliphatic heterocycles. The monoisotopic (exact) mass is 678 g/mol. The Morgan fingerprint density at radius 3 is 2.59 bits per heavy atom. The molecule has 4 rings (SSSR count). The van der Waals surface area contributed by atoms with Crippen molar-refractivity contribution in [3.8, 4) is 17.2 Å². The molecule has 4 N–H and O–H groups in total. The van der Waals surface area contributed by atoms with Crippen molar-refractivity contribution in [2.24, 2.45) is 5.11 Å². The van der Waals surface area contributed by atoms with E-state index >= 15 is 0 Å². The number of carbonyl (C=O) groups is 1. The van der Waals surface area contributed by atoms with E-state index in [1.165, 1.54) is 0 Å². The van der Waals surface area contributed by atoms with Crippen LogP contribution >= 0.6 is 31.9 Å². The number of carbonyl (C=O) groups excluding carboxylic acids is 1. The first kappa shape index (κ1) is 31.5. The molecular weight excluding hydrogens is 659 g/mol. The maximum Gasteiger partial charge on any atom is 1.00 e. The van der Waals surface area contributed by atoms with Gasteiger partial charge in [-0.3, -0.25) is 0 Å². The Kier molecular flexibility index (Phi) is 10.9. The molecule has 1 saturated heterocycles. The van der Waals surface area contributed by atoms with Gasteiger partial charge in [-0.05, 0) is 73.6 Å². The van der Waals surface area contributed by atoms with E-state index < -0.39 is 36.7 Å². The maximum atomic E-state index is 11.2. The third kappa shape index (κ3) is 6.82. The van der Waals surface area contributed by atoms with E-state index in [2.05, 4.69) is 46.9 Å². The number of H-pyrrole nitrogens is 1. The molecule has 0 saturated carbocycles. The van der Waals surface area contributed by atoms with Crippen molar-refractivity contribution in [1.82, 2.24) is 4.98 Å². The number of hydrogen-bond donors (Lipinski definition) is 4. The standard InChI is InChI=1S/C23H22Br2N4O9.Na/c1-9-4-10(2-3-13(9)37-23-19(32)17(30)18(31)21(38-23)22(33)34)7-35-14-6-27-12-5-11(24)20(16(25)15(12)14)36-8-28-29-26;/h2-6,17-19,21,23,27,30-32H,7-8H2,1H3,(H,33,34);/q;+1/p-1/t17-,18-,19+,21-,23+;/m0./s1. The van der Waals surface area contributed by atoms with Crippen molar-refractivity contribution < 1.29 is 73.7 Å². The summed E-state index contributed by atoms with van der Waals surface area (Å²) >= 11 is 6.95. The number of fused-ring (bicyclic) bond motifs is 1. The van der Waals surface area contributed by atoms with E-state index in [1.54, 1.807) is 37.4 Å². The average Bonchev–Trinajstić information content (AvgIpc) is 3.28. The second-order valence-corrected chi connectivity index (χ2v) is 9.95. The van der Waals surface area contributed by atoms with Gasteiger partial charge >= 0.3 is 29.6 Å². The van der Waals surface area contributed by atoms with E-state index in [0.717, 1.165) is 11.1 Å². The second kappa shape index (κ2) is 13.5. The molecule has 1 fully saturated rings. The van der Waals surface area contributed by atoms with E-state index in [0.29, 0.717) is 31.4 Å². The van der Waals surface area contributed by atoms with Crippen LogP contribution in [0.3, 0.4) is 0 Å². The molecule has 202 valence electrons. The number of aliphatic hydroxyl groups excluding tert-OH is 3. The van der Waals surface area contributed by atoms with Crippen LogP contribution in [-0.2, 0) is 16.1 Å². The number of nitrogens with one attached hydrogen (secondary N) is 1. The Balaban J connectivity index is 0.00000420. The Morgan fingerprint density at radius 1 is 1.18 bits per heavy atom. The first-order valence-corrected chi connectivity index (χ1v) is 12.6. The van der Waals surface area contributed by atoms with Crippen LogP contribution in [0, 0.1) is 6.92 Å². The molecule has 0 unspecified atom stereocenters. The number of ether oxygens (including phenoxy) is 4. The van der Waals surface area contributed by atoms with Gasteiger partial charge in [-0.2, -0.15) is 0 Å². The van der Waals surface area contributed by atoms with Gasteiger partial charge in [0.1, 0.15) is 48.3 Å². The number of aromatic nitrogens is 1. The summed E-state index contributed by atoms with van der Waals surface area (Å²) in [5.41, 5.74) is 10.6. The summed E-state index contributed by atoms with van der Waals surface area (Å²) in [5, 5.41) is 45.2. The average molecular weight is 680 g/mol. The minimum Gasteiger partial charge on any atom is -0.547 e. The number of rotatable bonds is 9. The number of hydrogen-bond acceptors (Lipinski definition) is 10. The van der Waals surface area contributed by atoms with Gasteiger partial charge in [0.15, 0.2) is 6.73 Å². The summed E-state index contributed by atoms with van der Waals surface area (Å²) in [6.07, 6.45) is -7.08. The predicted octanol–water partition coefficient (Wildman–Crippen LogP) is -0.833. The Hall–Kier alpha value is -2.04. The van der Waals surface area contributed by atoms with E-state index in [9.17, 15) is 25.2 Å². The fraction of sp³-hybridized carbons (Fsp3) is 0.348. The number of azide groups is 1. The fourth-order valence-electron chi connectivity index (χ4n) is 3.90. The number of carboxylic acid groups (broad SMARTS) is 1. The fourth-order valence-corrected chi connectivity index (χ4v) is 5.44. The summed E-state index contributed by atoms with van der Waals surface area (Å²) in [6, 6.07) is 6.85. The molecule has 2 heterocycles. The number of aromatic amines is 1. The zero-order valence-corrected chi connectivity index (χ0v) is 25.7. The Morgan fingerprint density at radius 2 is 1.92 bits per heavy atom. The minimum absolute atomic E-state index is 0. The quantitative estimate of drug-likeness (QED) is 0.0963. The summed E-state index contributed by atoms with van der Waals surface area (Å²) < 4.78 is 23.5. The first-order valence-electron chi connectivity index (χ1n) is 11.0. The van der Waals surface area contributed by atoms with Crippen LogP contribution in [0.1, 0.15) is 11.1 Å². The Bertz CT molecular complexity index is 1400. The van der Waals surface area contributed by atoms with Crippen LogP contribution in [0.25, 0.3) is 21.3 Å². The number of aliphatic carboxylic acids is 1. The van der Waals surface area contributed by atoms with E-state index in [4.69, 9.17) is 24.5 Å². The molecule has 0 bridgehead atoms. The third-order valence-corrected chi connectivity index (χ3v) is 7.14. The normalized spacial score (nSPS) is 22.5. The molecule has 0 radical (unpaired) electrons. The predicted molar refractivity (Wildman–Crippen MR) is 136 cm³/mol. The van der Waals surface area contributed by atoms with Crippen molar-refractivity contribution in [3.63, 3.8) is 0 Å². The van der Waals surface area contributed by atoms with Crippen LogP contribution in [0.4, 0.5) is 0 Å². The summed E-state index contributed by atoms with van der Waals surface area (Å²) in [7, 11) is 0. The molecule has 16 heteroatoms. The third-order valence-electron chi connectivity index (χ3n) is 5.79. The zero-order valence-electron chi connectivity index (χ0n) is 20.6. The van der Waals surface area contributed by atoms with Crippen molar-refractivity contribution in [2.45, 2.75) is 44.2 Å². The molecule has 1 aliphatic rings. The van der Waals surface area contributed by atoms with Crippen LogP contribution in [0.15, 0.2) is 44.5 Å². The number of carboxylic acids is 1. The zero-order chi connectivity index (χ0) is 27.6. The van der Waals surface area contributed by atoms with Crippen LogP contribution < -0.4 is 48.9 Å². The van der Waals surface area contributed by atoms with Gasteiger partial charge < -0.3 is 49.2 Å². The van der Waals surface area contributed by atoms with Crippen molar-refractivity contribution in [3.05, 3.63) is 61.0 Å². The number of aliphatic hydroxyl groups is 3. The molecule has 0 amide bonds. The van der Waals surface area contributed by atoms with Gasteiger partial charge in [0.2, 0.25) is 6.29 Å². The maximum absolute atomic E-state index is 11.2.